The van der Waals surface area contributed by atoms with E-state index in [4.69, 9.17) is 4.74 Å². The molecule has 0 saturated carbocycles. The summed E-state index contributed by atoms with van der Waals surface area (Å²) in [6.45, 7) is 1.32. The Morgan fingerprint density at radius 2 is 1.91 bits per heavy atom. The molecule has 2 aromatic carbocycles. The van der Waals surface area contributed by atoms with E-state index in [0.29, 0.717) is 16.9 Å². The number of hydrazone groups is 1. The molecule has 0 unspecified atom stereocenters. The van der Waals surface area contributed by atoms with Crippen LogP contribution in [0.4, 0.5) is 0 Å². The van der Waals surface area contributed by atoms with Gasteiger partial charge in [0.2, 0.25) is 0 Å². The molecule has 0 aliphatic heterocycles. The van der Waals surface area contributed by atoms with Gasteiger partial charge in [-0.05, 0) is 30.3 Å². The SMILES string of the molecule is CC(=O)Oc1ccc(Br)cc1/C=N\NC(=O)c1ccccc1. The first kappa shape index (κ1) is 15.9. The van der Waals surface area contributed by atoms with Gasteiger partial charge in [0, 0.05) is 22.5 Å². The van der Waals surface area contributed by atoms with Crippen molar-refractivity contribution in [1.82, 2.24) is 5.43 Å². The largest absolute Gasteiger partial charge is 0.426 e. The van der Waals surface area contributed by atoms with Crippen molar-refractivity contribution in [2.45, 2.75) is 6.92 Å². The highest BCUT2D eigenvalue weighted by Crippen LogP contribution is 2.21. The van der Waals surface area contributed by atoms with Crippen LogP contribution in [0.2, 0.25) is 0 Å². The second-order valence-corrected chi connectivity index (χ2v) is 5.26. The molecular formula is C16H13BrN2O3. The predicted octanol–water partition coefficient (Wildman–Crippen LogP) is 3.14. The Morgan fingerprint density at radius 1 is 1.18 bits per heavy atom. The predicted molar refractivity (Wildman–Crippen MR) is 87.0 cm³/mol. The average Bonchev–Trinajstić information content (AvgIpc) is 2.50. The molecule has 0 bridgehead atoms. The Balaban J connectivity index is 2.11. The third kappa shape index (κ3) is 4.53. The maximum atomic E-state index is 11.8. The Morgan fingerprint density at radius 3 is 2.59 bits per heavy atom. The van der Waals surface area contributed by atoms with E-state index in [1.807, 2.05) is 6.07 Å². The number of halogens is 1. The summed E-state index contributed by atoms with van der Waals surface area (Å²) < 4.78 is 5.88. The minimum absolute atomic E-state index is 0.319. The molecule has 0 spiro atoms. The zero-order chi connectivity index (χ0) is 15.9. The highest BCUT2D eigenvalue weighted by atomic mass is 79.9. The molecule has 0 aliphatic rings. The van der Waals surface area contributed by atoms with Gasteiger partial charge < -0.3 is 4.74 Å². The smallest absolute Gasteiger partial charge is 0.308 e. The Hall–Kier alpha value is -2.47. The highest BCUT2D eigenvalue weighted by Gasteiger charge is 2.06. The molecule has 0 aliphatic carbocycles. The summed E-state index contributed by atoms with van der Waals surface area (Å²) in [4.78, 5) is 22.9. The molecule has 6 heteroatoms. The number of rotatable bonds is 4. The monoisotopic (exact) mass is 360 g/mol. The third-order valence-corrected chi connectivity index (χ3v) is 3.12. The summed E-state index contributed by atoms with van der Waals surface area (Å²) >= 11 is 3.33. The summed E-state index contributed by atoms with van der Waals surface area (Å²) in [5.41, 5.74) is 3.50. The third-order valence-electron chi connectivity index (χ3n) is 2.63. The van der Waals surface area contributed by atoms with Crippen LogP contribution in [0.25, 0.3) is 0 Å². The van der Waals surface area contributed by atoms with Gasteiger partial charge in [-0.15, -0.1) is 0 Å². The highest BCUT2D eigenvalue weighted by molar-refractivity contribution is 9.10. The number of ether oxygens (including phenoxy) is 1. The molecule has 5 nitrogen and oxygen atoms in total. The van der Waals surface area contributed by atoms with E-state index in [0.717, 1.165) is 4.47 Å². The van der Waals surface area contributed by atoms with E-state index in [-0.39, 0.29) is 5.91 Å². The van der Waals surface area contributed by atoms with Gasteiger partial charge in [-0.3, -0.25) is 9.59 Å². The fraction of sp³-hybridized carbons (Fsp3) is 0.0625. The molecule has 0 fully saturated rings. The van der Waals surface area contributed by atoms with Crippen LogP contribution in [-0.4, -0.2) is 18.1 Å². The van der Waals surface area contributed by atoms with Crippen molar-refractivity contribution in [3.8, 4) is 5.75 Å². The van der Waals surface area contributed by atoms with Crippen molar-refractivity contribution in [3.63, 3.8) is 0 Å². The molecule has 1 amide bonds. The molecule has 22 heavy (non-hydrogen) atoms. The second-order valence-electron chi connectivity index (χ2n) is 4.34. The van der Waals surface area contributed by atoms with Crippen molar-refractivity contribution in [2.75, 3.05) is 0 Å². The molecule has 2 rings (SSSR count). The fourth-order valence-electron chi connectivity index (χ4n) is 1.68. The van der Waals surface area contributed by atoms with Gasteiger partial charge in [0.05, 0.1) is 6.21 Å². The summed E-state index contributed by atoms with van der Waals surface area (Å²) in [7, 11) is 0. The van der Waals surface area contributed by atoms with E-state index in [2.05, 4.69) is 26.5 Å². The maximum absolute atomic E-state index is 11.8. The first-order valence-electron chi connectivity index (χ1n) is 6.42. The van der Waals surface area contributed by atoms with Gasteiger partial charge in [-0.2, -0.15) is 5.10 Å². The first-order chi connectivity index (χ1) is 10.6. The number of amides is 1. The summed E-state index contributed by atoms with van der Waals surface area (Å²) in [6.07, 6.45) is 1.42. The average molecular weight is 361 g/mol. The van der Waals surface area contributed by atoms with Crippen molar-refractivity contribution >= 4 is 34.0 Å². The lowest BCUT2D eigenvalue weighted by molar-refractivity contribution is -0.131. The minimum Gasteiger partial charge on any atom is -0.426 e. The Labute approximate surface area is 136 Å². The van der Waals surface area contributed by atoms with Crippen LogP contribution in [0.1, 0.15) is 22.8 Å². The minimum atomic E-state index is -0.426. The number of nitrogens with one attached hydrogen (secondary N) is 1. The lowest BCUT2D eigenvalue weighted by Gasteiger charge is -2.05. The molecule has 1 N–H and O–H groups in total. The van der Waals surface area contributed by atoms with E-state index < -0.39 is 5.97 Å². The van der Waals surface area contributed by atoms with Crippen molar-refractivity contribution in [1.29, 1.82) is 0 Å². The molecule has 2 aromatic rings. The molecule has 0 aromatic heterocycles. The number of nitrogens with zero attached hydrogens (tertiary/aromatic N) is 1. The molecule has 0 saturated heterocycles. The van der Waals surface area contributed by atoms with E-state index >= 15 is 0 Å². The van der Waals surface area contributed by atoms with Crippen molar-refractivity contribution in [3.05, 3.63) is 64.1 Å². The van der Waals surface area contributed by atoms with Crippen LogP contribution in [-0.2, 0) is 4.79 Å². The normalized spacial score (nSPS) is 10.5. The van der Waals surface area contributed by atoms with Gasteiger partial charge >= 0.3 is 5.97 Å². The van der Waals surface area contributed by atoms with Crippen molar-refractivity contribution in [2.24, 2.45) is 5.10 Å². The van der Waals surface area contributed by atoms with Gasteiger partial charge in [-0.25, -0.2) is 5.43 Å². The zero-order valence-corrected chi connectivity index (χ0v) is 13.3. The molecular weight excluding hydrogens is 348 g/mol. The van der Waals surface area contributed by atoms with Gasteiger partial charge in [0.25, 0.3) is 5.91 Å². The van der Waals surface area contributed by atoms with Crippen LogP contribution >= 0.6 is 15.9 Å². The second kappa shape index (κ2) is 7.51. The standard InChI is InChI=1S/C16H13BrN2O3/c1-11(20)22-15-8-7-14(17)9-13(15)10-18-19-16(21)12-5-3-2-4-6-12/h2-10H,1H3,(H,19,21)/b18-10-. The maximum Gasteiger partial charge on any atom is 0.308 e. The number of benzene rings is 2. The fourth-order valence-corrected chi connectivity index (χ4v) is 2.06. The summed E-state index contributed by atoms with van der Waals surface area (Å²) in [6, 6.07) is 13.9. The first-order valence-corrected chi connectivity index (χ1v) is 7.22. The van der Waals surface area contributed by atoms with Crippen LogP contribution < -0.4 is 10.2 Å². The lowest BCUT2D eigenvalue weighted by atomic mass is 10.2. The van der Waals surface area contributed by atoms with Crippen molar-refractivity contribution < 1.29 is 14.3 Å². The van der Waals surface area contributed by atoms with Crippen LogP contribution in [0, 0.1) is 0 Å². The molecule has 0 atom stereocenters. The van der Waals surface area contributed by atoms with Gasteiger partial charge in [-0.1, -0.05) is 34.1 Å². The van der Waals surface area contributed by atoms with E-state index in [9.17, 15) is 9.59 Å². The molecule has 0 heterocycles. The van der Waals surface area contributed by atoms with Crippen LogP contribution in [0.3, 0.4) is 0 Å². The zero-order valence-electron chi connectivity index (χ0n) is 11.7. The van der Waals surface area contributed by atoms with Gasteiger partial charge in [0.15, 0.2) is 0 Å². The molecule has 0 radical (unpaired) electrons. The number of hydrogen-bond acceptors (Lipinski definition) is 4. The van der Waals surface area contributed by atoms with E-state index in [1.54, 1.807) is 42.5 Å². The Kier molecular flexibility index (Phi) is 5.43. The number of esters is 1. The van der Waals surface area contributed by atoms with Crippen LogP contribution in [0.15, 0.2) is 58.1 Å². The van der Waals surface area contributed by atoms with E-state index in [1.165, 1.54) is 13.1 Å². The van der Waals surface area contributed by atoms with Crippen LogP contribution in [0.5, 0.6) is 5.75 Å². The summed E-state index contributed by atoms with van der Waals surface area (Å²) in [5.74, 6) is -0.375. The number of carbonyl (C=O) groups is 2. The summed E-state index contributed by atoms with van der Waals surface area (Å²) in [5, 5.41) is 3.89. The number of carbonyl (C=O) groups excluding carboxylic acids is 2. The lowest BCUT2D eigenvalue weighted by Crippen LogP contribution is -2.17. The molecule has 112 valence electrons. The van der Waals surface area contributed by atoms with Gasteiger partial charge in [0.1, 0.15) is 5.75 Å². The Bertz CT molecular complexity index is 715. The topological polar surface area (TPSA) is 67.8 Å². The quantitative estimate of drug-likeness (QED) is 0.394. The number of hydrogen-bond donors (Lipinski definition) is 1.